The third-order valence-corrected chi connectivity index (χ3v) is 2.80. The fraction of sp³-hybridized carbons (Fsp3) is 0.188. The Labute approximate surface area is 125 Å². The van der Waals surface area contributed by atoms with Crippen molar-refractivity contribution in [2.45, 2.75) is 13.3 Å². The molecule has 0 amide bonds. The molecule has 2 aromatic carbocycles. The molecule has 0 atom stereocenters. The molecule has 0 heterocycles. The maximum Gasteiger partial charge on any atom is 0.573 e. The molecule has 22 heavy (non-hydrogen) atoms. The zero-order valence-corrected chi connectivity index (χ0v) is 11.7. The number of esters is 1. The number of hydrogen-bond acceptors (Lipinski definition) is 3. The van der Waals surface area contributed by atoms with Crippen LogP contribution >= 0.6 is 0 Å². The predicted octanol–water partition coefficient (Wildman–Crippen LogP) is 4.43. The molecule has 0 fully saturated rings. The minimum Gasteiger partial charge on any atom is -0.462 e. The van der Waals surface area contributed by atoms with Gasteiger partial charge in [0.05, 0.1) is 12.2 Å². The van der Waals surface area contributed by atoms with Crippen molar-refractivity contribution in [1.29, 1.82) is 0 Å². The van der Waals surface area contributed by atoms with Gasteiger partial charge in [0, 0.05) is 5.56 Å². The number of alkyl halides is 3. The number of halogens is 3. The Balaban J connectivity index is 2.47. The van der Waals surface area contributed by atoms with E-state index in [9.17, 15) is 18.0 Å². The second-order valence-corrected chi connectivity index (χ2v) is 4.35. The first kappa shape index (κ1) is 15.9. The summed E-state index contributed by atoms with van der Waals surface area (Å²) in [7, 11) is 0. The van der Waals surface area contributed by atoms with Crippen LogP contribution in [0.3, 0.4) is 0 Å². The van der Waals surface area contributed by atoms with E-state index in [0.29, 0.717) is 5.56 Å². The number of benzene rings is 2. The normalized spacial score (nSPS) is 11.1. The van der Waals surface area contributed by atoms with Gasteiger partial charge in [-0.1, -0.05) is 30.3 Å². The van der Waals surface area contributed by atoms with Crippen molar-refractivity contribution in [3.63, 3.8) is 0 Å². The fourth-order valence-electron chi connectivity index (χ4n) is 1.93. The van der Waals surface area contributed by atoms with E-state index in [0.717, 1.165) is 6.07 Å². The van der Waals surface area contributed by atoms with Crippen molar-refractivity contribution in [3.8, 4) is 16.9 Å². The Bertz CT molecular complexity index is 651. The van der Waals surface area contributed by atoms with Crippen LogP contribution in [-0.2, 0) is 4.74 Å². The van der Waals surface area contributed by atoms with Gasteiger partial charge in [0.1, 0.15) is 5.75 Å². The van der Waals surface area contributed by atoms with Crippen LogP contribution < -0.4 is 4.74 Å². The van der Waals surface area contributed by atoms with Crippen LogP contribution in [-0.4, -0.2) is 18.9 Å². The van der Waals surface area contributed by atoms with E-state index in [1.165, 1.54) is 12.1 Å². The number of rotatable bonds is 4. The highest BCUT2D eigenvalue weighted by molar-refractivity contribution is 5.91. The van der Waals surface area contributed by atoms with Gasteiger partial charge >= 0.3 is 12.3 Å². The summed E-state index contributed by atoms with van der Waals surface area (Å²) in [6.45, 7) is 1.75. The fourth-order valence-corrected chi connectivity index (χ4v) is 1.93. The van der Waals surface area contributed by atoms with Gasteiger partial charge in [-0.3, -0.25) is 0 Å². The number of carbonyl (C=O) groups excluding carboxylic acids is 1. The lowest BCUT2D eigenvalue weighted by atomic mass is 10.0. The molecule has 0 aliphatic heterocycles. The van der Waals surface area contributed by atoms with Gasteiger partial charge < -0.3 is 9.47 Å². The highest BCUT2D eigenvalue weighted by atomic mass is 19.4. The maximum atomic E-state index is 12.6. The molecule has 116 valence electrons. The minimum atomic E-state index is -4.85. The van der Waals surface area contributed by atoms with Crippen LogP contribution in [0.4, 0.5) is 13.2 Å². The molecular weight excluding hydrogens is 297 g/mol. The standard InChI is InChI=1S/C16H13F3O3/c1-2-21-15(20)12-8-9-13(11-6-4-3-5-7-11)14(10-12)22-16(17,18)19/h3-10H,2H2,1H3. The SMILES string of the molecule is CCOC(=O)c1ccc(-c2ccccc2)c(OC(F)(F)F)c1. The number of hydrogen-bond donors (Lipinski definition) is 0. The van der Waals surface area contributed by atoms with Crippen molar-refractivity contribution in [3.05, 3.63) is 54.1 Å². The first-order chi connectivity index (χ1) is 10.4. The summed E-state index contributed by atoms with van der Waals surface area (Å²) >= 11 is 0. The Kier molecular flexibility index (Phi) is 4.70. The molecule has 0 radical (unpaired) electrons. The summed E-state index contributed by atoms with van der Waals surface area (Å²) in [6, 6.07) is 12.3. The summed E-state index contributed by atoms with van der Waals surface area (Å²) in [5.74, 6) is -1.14. The summed E-state index contributed by atoms with van der Waals surface area (Å²) in [4.78, 5) is 11.7. The second-order valence-electron chi connectivity index (χ2n) is 4.35. The molecule has 0 aromatic heterocycles. The van der Waals surface area contributed by atoms with Crippen LogP contribution in [0.25, 0.3) is 11.1 Å². The molecule has 0 unspecified atom stereocenters. The number of carbonyl (C=O) groups is 1. The Morgan fingerprint density at radius 2 is 1.77 bits per heavy atom. The lowest BCUT2D eigenvalue weighted by Crippen LogP contribution is -2.18. The molecule has 0 N–H and O–H groups in total. The lowest BCUT2D eigenvalue weighted by Gasteiger charge is -2.14. The summed E-state index contributed by atoms with van der Waals surface area (Å²) in [5.41, 5.74) is 0.795. The smallest absolute Gasteiger partial charge is 0.462 e. The van der Waals surface area contributed by atoms with Gasteiger partial charge in [-0.2, -0.15) is 0 Å². The first-order valence-corrected chi connectivity index (χ1v) is 6.53. The summed E-state index contributed by atoms with van der Waals surface area (Å²) < 4.78 is 46.6. The summed E-state index contributed by atoms with van der Waals surface area (Å²) in [6.07, 6.45) is -4.85. The average molecular weight is 310 g/mol. The van der Waals surface area contributed by atoms with Crippen molar-refractivity contribution in [1.82, 2.24) is 0 Å². The zero-order valence-electron chi connectivity index (χ0n) is 11.7. The molecule has 0 spiro atoms. The van der Waals surface area contributed by atoms with E-state index in [1.54, 1.807) is 37.3 Å². The van der Waals surface area contributed by atoms with Crippen molar-refractivity contribution in [2.24, 2.45) is 0 Å². The summed E-state index contributed by atoms with van der Waals surface area (Å²) in [5, 5.41) is 0. The highest BCUT2D eigenvalue weighted by Crippen LogP contribution is 2.34. The van der Waals surface area contributed by atoms with E-state index in [-0.39, 0.29) is 17.7 Å². The molecule has 0 aliphatic carbocycles. The largest absolute Gasteiger partial charge is 0.573 e. The molecular formula is C16H13F3O3. The Morgan fingerprint density at radius 1 is 1.09 bits per heavy atom. The van der Waals surface area contributed by atoms with Crippen molar-refractivity contribution < 1.29 is 27.4 Å². The van der Waals surface area contributed by atoms with Gasteiger partial charge in [-0.05, 0) is 30.7 Å². The monoisotopic (exact) mass is 310 g/mol. The Hall–Kier alpha value is -2.50. The van der Waals surface area contributed by atoms with E-state index in [1.807, 2.05) is 0 Å². The molecule has 2 rings (SSSR count). The first-order valence-electron chi connectivity index (χ1n) is 6.53. The topological polar surface area (TPSA) is 35.5 Å². The van der Waals surface area contributed by atoms with Crippen LogP contribution in [0.2, 0.25) is 0 Å². The van der Waals surface area contributed by atoms with Gasteiger partial charge in [-0.25, -0.2) is 4.79 Å². The van der Waals surface area contributed by atoms with Crippen LogP contribution in [0.1, 0.15) is 17.3 Å². The van der Waals surface area contributed by atoms with Crippen LogP contribution in [0.15, 0.2) is 48.5 Å². The van der Waals surface area contributed by atoms with E-state index in [2.05, 4.69) is 4.74 Å². The highest BCUT2D eigenvalue weighted by Gasteiger charge is 2.32. The third-order valence-electron chi connectivity index (χ3n) is 2.80. The van der Waals surface area contributed by atoms with E-state index in [4.69, 9.17) is 4.74 Å². The number of ether oxygens (including phenoxy) is 2. The molecule has 2 aromatic rings. The lowest BCUT2D eigenvalue weighted by molar-refractivity contribution is -0.274. The van der Waals surface area contributed by atoms with Gasteiger partial charge in [0.2, 0.25) is 0 Å². The molecule has 0 aliphatic rings. The second kappa shape index (κ2) is 6.51. The van der Waals surface area contributed by atoms with E-state index >= 15 is 0 Å². The molecule has 0 bridgehead atoms. The van der Waals surface area contributed by atoms with Crippen molar-refractivity contribution >= 4 is 5.97 Å². The Morgan fingerprint density at radius 3 is 2.36 bits per heavy atom. The molecule has 0 saturated carbocycles. The van der Waals surface area contributed by atoms with Gasteiger partial charge in [0.25, 0.3) is 0 Å². The maximum absolute atomic E-state index is 12.6. The van der Waals surface area contributed by atoms with Gasteiger partial charge in [0.15, 0.2) is 0 Å². The molecule has 0 saturated heterocycles. The molecule has 6 heteroatoms. The predicted molar refractivity (Wildman–Crippen MR) is 74.5 cm³/mol. The van der Waals surface area contributed by atoms with Crippen molar-refractivity contribution in [2.75, 3.05) is 6.61 Å². The molecule has 3 nitrogen and oxygen atoms in total. The minimum absolute atomic E-state index is 0.000723. The zero-order chi connectivity index (χ0) is 16.2. The quantitative estimate of drug-likeness (QED) is 0.784. The van der Waals surface area contributed by atoms with Gasteiger partial charge in [-0.15, -0.1) is 13.2 Å². The van der Waals surface area contributed by atoms with E-state index < -0.39 is 18.1 Å². The van der Waals surface area contributed by atoms with Crippen LogP contribution in [0, 0.1) is 0 Å². The average Bonchev–Trinajstić information content (AvgIpc) is 2.46. The third kappa shape index (κ3) is 4.00. The van der Waals surface area contributed by atoms with Crippen LogP contribution in [0.5, 0.6) is 5.75 Å².